The summed E-state index contributed by atoms with van der Waals surface area (Å²) >= 11 is 0. The van der Waals surface area contributed by atoms with Crippen molar-refractivity contribution >= 4 is 22.5 Å². The van der Waals surface area contributed by atoms with Crippen molar-refractivity contribution in [3.8, 4) is 5.75 Å². The summed E-state index contributed by atoms with van der Waals surface area (Å²) in [4.78, 5) is 14.2. The number of fused-ring (bicyclic) bond motifs is 1. The Morgan fingerprint density at radius 2 is 2.13 bits per heavy atom. The lowest BCUT2D eigenvalue weighted by atomic mass is 10.1. The average molecular weight is 316 g/mol. The lowest BCUT2D eigenvalue weighted by Gasteiger charge is -2.34. The third-order valence-corrected chi connectivity index (χ3v) is 4.04. The Bertz CT molecular complexity index is 704. The third-order valence-electron chi connectivity index (χ3n) is 4.04. The number of rotatable bonds is 3. The molecule has 1 atom stereocenters. The minimum absolute atomic E-state index is 0.114. The van der Waals surface area contributed by atoms with Gasteiger partial charge in [0, 0.05) is 17.3 Å². The number of nitrogens with zero attached hydrogens (tertiary/aromatic N) is 1. The fourth-order valence-corrected chi connectivity index (χ4v) is 2.82. The number of urea groups is 1. The molecule has 2 N–H and O–H groups in total. The summed E-state index contributed by atoms with van der Waals surface area (Å²) in [5.74, 6) is 0.762. The number of nitrogens with one attached hydrogen (secondary N) is 1. The van der Waals surface area contributed by atoms with Gasteiger partial charge in [-0.25, -0.2) is 4.79 Å². The lowest BCUT2D eigenvalue weighted by molar-refractivity contribution is -0.00484. The minimum Gasteiger partial charge on any atom is -0.496 e. The number of amides is 2. The summed E-state index contributed by atoms with van der Waals surface area (Å²) in [5, 5.41) is 14.2. The SMILES string of the molecule is COc1ccc(NC(=O)N2CCOC[C@H]2CO)c2ccccc12. The molecule has 2 aromatic carbocycles. The maximum absolute atomic E-state index is 12.6. The van der Waals surface area contributed by atoms with Gasteiger partial charge < -0.3 is 24.8 Å². The van der Waals surface area contributed by atoms with Gasteiger partial charge in [-0.15, -0.1) is 0 Å². The first-order valence-corrected chi connectivity index (χ1v) is 7.56. The number of aliphatic hydroxyl groups excluding tert-OH is 1. The topological polar surface area (TPSA) is 71.0 Å². The van der Waals surface area contributed by atoms with Gasteiger partial charge in [-0.05, 0) is 12.1 Å². The summed E-state index contributed by atoms with van der Waals surface area (Å²) in [6, 6.07) is 10.9. The molecule has 0 spiro atoms. The molecule has 2 amide bonds. The molecule has 6 heteroatoms. The normalized spacial score (nSPS) is 18.0. The summed E-state index contributed by atoms with van der Waals surface area (Å²) < 4.78 is 10.7. The Morgan fingerprint density at radius 3 is 2.87 bits per heavy atom. The molecule has 0 unspecified atom stereocenters. The van der Waals surface area contributed by atoms with Crippen LogP contribution in [0.2, 0.25) is 0 Å². The predicted octanol–water partition coefficient (Wildman–Crippen LogP) is 2.07. The average Bonchev–Trinajstić information content (AvgIpc) is 2.62. The first kappa shape index (κ1) is 15.6. The molecule has 3 rings (SSSR count). The van der Waals surface area contributed by atoms with Crippen LogP contribution in [0.25, 0.3) is 10.8 Å². The lowest BCUT2D eigenvalue weighted by Crippen LogP contribution is -2.52. The fourth-order valence-electron chi connectivity index (χ4n) is 2.82. The summed E-state index contributed by atoms with van der Waals surface area (Å²) in [7, 11) is 1.62. The zero-order chi connectivity index (χ0) is 16.2. The molecule has 1 heterocycles. The number of anilines is 1. The van der Waals surface area contributed by atoms with E-state index in [1.54, 1.807) is 12.0 Å². The Kier molecular flexibility index (Phi) is 4.64. The summed E-state index contributed by atoms with van der Waals surface area (Å²) in [5.41, 5.74) is 0.717. The minimum atomic E-state index is -0.312. The molecular formula is C17H20N2O4. The number of hydrogen-bond donors (Lipinski definition) is 2. The van der Waals surface area contributed by atoms with Crippen molar-refractivity contribution in [2.24, 2.45) is 0 Å². The van der Waals surface area contributed by atoms with E-state index in [9.17, 15) is 9.90 Å². The number of carbonyl (C=O) groups is 1. The Morgan fingerprint density at radius 1 is 1.35 bits per heavy atom. The van der Waals surface area contributed by atoms with E-state index >= 15 is 0 Å². The van der Waals surface area contributed by atoms with E-state index in [0.717, 1.165) is 22.2 Å². The highest BCUT2D eigenvalue weighted by molar-refractivity contribution is 6.03. The second-order valence-electron chi connectivity index (χ2n) is 5.40. The van der Waals surface area contributed by atoms with E-state index in [1.807, 2.05) is 36.4 Å². The molecule has 1 aliphatic rings. The number of aliphatic hydroxyl groups is 1. The smallest absolute Gasteiger partial charge is 0.322 e. The van der Waals surface area contributed by atoms with Crippen molar-refractivity contribution in [3.05, 3.63) is 36.4 Å². The number of ether oxygens (including phenoxy) is 2. The number of carbonyl (C=O) groups excluding carboxylic acids is 1. The summed E-state index contributed by atoms with van der Waals surface area (Å²) in [6.45, 7) is 1.18. The summed E-state index contributed by atoms with van der Waals surface area (Å²) in [6.07, 6.45) is 0. The Balaban J connectivity index is 1.88. The molecule has 0 radical (unpaired) electrons. The van der Waals surface area contributed by atoms with Crippen molar-refractivity contribution in [2.75, 3.05) is 38.8 Å². The van der Waals surface area contributed by atoms with Gasteiger partial charge in [0.1, 0.15) is 5.75 Å². The van der Waals surface area contributed by atoms with Gasteiger partial charge >= 0.3 is 6.03 Å². The van der Waals surface area contributed by atoms with E-state index in [2.05, 4.69) is 5.32 Å². The van der Waals surface area contributed by atoms with Crippen LogP contribution in [0.4, 0.5) is 10.5 Å². The van der Waals surface area contributed by atoms with Gasteiger partial charge in [-0.3, -0.25) is 0 Å². The molecule has 0 aliphatic carbocycles. The number of morpholine rings is 1. The van der Waals surface area contributed by atoms with Crippen LogP contribution in [-0.2, 0) is 4.74 Å². The molecule has 6 nitrogen and oxygen atoms in total. The van der Waals surface area contributed by atoms with Crippen LogP contribution < -0.4 is 10.1 Å². The van der Waals surface area contributed by atoms with Gasteiger partial charge in [0.2, 0.25) is 0 Å². The zero-order valence-electron chi connectivity index (χ0n) is 13.0. The maximum atomic E-state index is 12.6. The molecule has 0 saturated carbocycles. The molecule has 2 aromatic rings. The number of methoxy groups -OCH3 is 1. The van der Waals surface area contributed by atoms with E-state index in [0.29, 0.717) is 19.8 Å². The molecule has 0 aromatic heterocycles. The van der Waals surface area contributed by atoms with Crippen LogP contribution in [0.1, 0.15) is 0 Å². The highest BCUT2D eigenvalue weighted by Crippen LogP contribution is 2.31. The van der Waals surface area contributed by atoms with Crippen LogP contribution in [-0.4, -0.2) is 55.6 Å². The Labute approximate surface area is 134 Å². The second-order valence-corrected chi connectivity index (χ2v) is 5.40. The fraction of sp³-hybridized carbons (Fsp3) is 0.353. The van der Waals surface area contributed by atoms with Crippen molar-refractivity contribution in [2.45, 2.75) is 6.04 Å². The van der Waals surface area contributed by atoms with E-state index in [4.69, 9.17) is 9.47 Å². The second kappa shape index (κ2) is 6.85. The number of hydrogen-bond acceptors (Lipinski definition) is 4. The molecular weight excluding hydrogens is 296 g/mol. The maximum Gasteiger partial charge on any atom is 0.322 e. The van der Waals surface area contributed by atoms with Crippen molar-refractivity contribution in [1.29, 1.82) is 0 Å². The van der Waals surface area contributed by atoms with E-state index in [1.165, 1.54) is 0 Å². The molecule has 1 saturated heterocycles. The van der Waals surface area contributed by atoms with Gasteiger partial charge in [-0.1, -0.05) is 24.3 Å². The van der Waals surface area contributed by atoms with Crippen molar-refractivity contribution in [3.63, 3.8) is 0 Å². The third kappa shape index (κ3) is 3.09. The largest absolute Gasteiger partial charge is 0.496 e. The molecule has 23 heavy (non-hydrogen) atoms. The quantitative estimate of drug-likeness (QED) is 0.909. The van der Waals surface area contributed by atoms with Crippen LogP contribution in [0.15, 0.2) is 36.4 Å². The van der Waals surface area contributed by atoms with Crippen LogP contribution >= 0.6 is 0 Å². The monoisotopic (exact) mass is 316 g/mol. The number of benzene rings is 2. The van der Waals surface area contributed by atoms with Gasteiger partial charge in [0.05, 0.1) is 38.7 Å². The molecule has 122 valence electrons. The molecule has 1 fully saturated rings. The Hall–Kier alpha value is -2.31. The highest BCUT2D eigenvalue weighted by Gasteiger charge is 2.27. The van der Waals surface area contributed by atoms with E-state index < -0.39 is 0 Å². The zero-order valence-corrected chi connectivity index (χ0v) is 13.0. The van der Waals surface area contributed by atoms with Gasteiger partial charge in [0.25, 0.3) is 0 Å². The van der Waals surface area contributed by atoms with E-state index in [-0.39, 0.29) is 18.7 Å². The van der Waals surface area contributed by atoms with Crippen LogP contribution in [0, 0.1) is 0 Å². The van der Waals surface area contributed by atoms with Crippen molar-refractivity contribution < 1.29 is 19.4 Å². The van der Waals surface area contributed by atoms with Gasteiger partial charge in [-0.2, -0.15) is 0 Å². The molecule has 0 bridgehead atoms. The van der Waals surface area contributed by atoms with Crippen LogP contribution in [0.3, 0.4) is 0 Å². The first-order chi connectivity index (χ1) is 11.2. The van der Waals surface area contributed by atoms with Gasteiger partial charge in [0.15, 0.2) is 0 Å². The molecule has 1 aliphatic heterocycles. The van der Waals surface area contributed by atoms with Crippen LogP contribution in [0.5, 0.6) is 5.75 Å². The highest BCUT2D eigenvalue weighted by atomic mass is 16.5. The predicted molar refractivity (Wildman–Crippen MR) is 87.9 cm³/mol. The van der Waals surface area contributed by atoms with Crippen molar-refractivity contribution in [1.82, 2.24) is 4.90 Å². The first-order valence-electron chi connectivity index (χ1n) is 7.56. The standard InChI is InChI=1S/C17H20N2O4/c1-22-16-7-6-15(13-4-2-3-5-14(13)16)18-17(21)19-8-9-23-11-12(19)10-20/h2-7,12,20H,8-11H2,1H3,(H,18,21)/t12-/m1/s1.